The Kier molecular flexibility index (Phi) is 6.65. The van der Waals surface area contributed by atoms with E-state index < -0.39 is 29.4 Å². The molecule has 1 saturated heterocycles. The molecular formula is C24H25ClN2O5. The van der Waals surface area contributed by atoms with Gasteiger partial charge in [-0.1, -0.05) is 48.5 Å². The third-order valence-electron chi connectivity index (χ3n) is 6.08. The lowest BCUT2D eigenvalue weighted by Crippen LogP contribution is -2.56. The van der Waals surface area contributed by atoms with Crippen LogP contribution in [0.2, 0.25) is 0 Å². The van der Waals surface area contributed by atoms with Crippen molar-refractivity contribution in [3.63, 3.8) is 0 Å². The highest BCUT2D eigenvalue weighted by Gasteiger charge is 2.37. The predicted molar refractivity (Wildman–Crippen MR) is 120 cm³/mol. The zero-order valence-electron chi connectivity index (χ0n) is 17.5. The number of likely N-dealkylation sites (tertiary alicyclic amines) is 1. The van der Waals surface area contributed by atoms with Crippen molar-refractivity contribution in [2.75, 3.05) is 19.7 Å². The Balaban J connectivity index is 1.46. The minimum Gasteiger partial charge on any atom is -0.480 e. The average molecular weight is 457 g/mol. The van der Waals surface area contributed by atoms with Gasteiger partial charge in [0, 0.05) is 19.0 Å². The molecule has 0 saturated carbocycles. The van der Waals surface area contributed by atoms with E-state index in [1.807, 2.05) is 48.5 Å². The van der Waals surface area contributed by atoms with Crippen molar-refractivity contribution in [2.45, 2.75) is 36.6 Å². The Bertz CT molecular complexity index is 975. The Morgan fingerprint density at radius 1 is 1.00 bits per heavy atom. The number of carbonyl (C=O) groups excluding carboxylic acids is 2. The summed E-state index contributed by atoms with van der Waals surface area (Å²) in [5.74, 6) is -2.02. The van der Waals surface area contributed by atoms with E-state index in [0.717, 1.165) is 41.5 Å². The van der Waals surface area contributed by atoms with Crippen molar-refractivity contribution in [3.05, 3.63) is 59.7 Å². The summed E-state index contributed by atoms with van der Waals surface area (Å²) in [6.07, 6.45) is 1.82. The Morgan fingerprint density at radius 2 is 1.56 bits per heavy atom. The first-order valence-corrected chi connectivity index (χ1v) is 11.2. The zero-order valence-corrected chi connectivity index (χ0v) is 18.3. The second-order valence-corrected chi connectivity index (χ2v) is 8.54. The van der Waals surface area contributed by atoms with Crippen LogP contribution in [-0.2, 0) is 14.3 Å². The summed E-state index contributed by atoms with van der Waals surface area (Å²) in [6, 6.07) is 14.5. The van der Waals surface area contributed by atoms with E-state index in [2.05, 4.69) is 5.32 Å². The molecule has 2 aliphatic rings. The van der Waals surface area contributed by atoms with Gasteiger partial charge in [0.1, 0.15) is 12.6 Å². The number of carboxylic acids is 1. The predicted octanol–water partition coefficient (Wildman–Crippen LogP) is 3.60. The van der Waals surface area contributed by atoms with Crippen LogP contribution in [0.4, 0.5) is 4.79 Å². The maximum atomic E-state index is 12.9. The number of carbonyl (C=O) groups is 3. The van der Waals surface area contributed by atoms with Gasteiger partial charge in [0.15, 0.2) is 5.38 Å². The molecule has 1 aliphatic heterocycles. The number of hydrogen-bond donors (Lipinski definition) is 2. The van der Waals surface area contributed by atoms with E-state index in [1.54, 1.807) is 4.90 Å². The largest absolute Gasteiger partial charge is 0.480 e. The number of ether oxygens (including phenoxy) is 1. The van der Waals surface area contributed by atoms with Crippen LogP contribution < -0.4 is 5.32 Å². The highest BCUT2D eigenvalue weighted by Crippen LogP contribution is 2.44. The molecule has 0 spiro atoms. The fraction of sp³-hybridized carbons (Fsp3) is 0.375. The number of benzene rings is 2. The number of alkyl halides is 1. The molecule has 1 fully saturated rings. The third-order valence-corrected chi connectivity index (χ3v) is 6.52. The van der Waals surface area contributed by atoms with Gasteiger partial charge in [0.25, 0.3) is 0 Å². The molecule has 2 unspecified atom stereocenters. The number of nitrogens with one attached hydrogen (secondary N) is 1. The van der Waals surface area contributed by atoms with Gasteiger partial charge >= 0.3 is 12.1 Å². The molecule has 168 valence electrons. The van der Waals surface area contributed by atoms with Crippen LogP contribution in [0.15, 0.2) is 48.5 Å². The van der Waals surface area contributed by atoms with E-state index >= 15 is 0 Å². The van der Waals surface area contributed by atoms with E-state index in [4.69, 9.17) is 16.3 Å². The molecule has 8 heteroatoms. The molecule has 2 aromatic carbocycles. The van der Waals surface area contributed by atoms with E-state index in [9.17, 15) is 19.5 Å². The van der Waals surface area contributed by atoms with Gasteiger partial charge in [0.05, 0.1) is 0 Å². The zero-order chi connectivity index (χ0) is 22.7. The molecule has 2 amide bonds. The Morgan fingerprint density at radius 3 is 2.12 bits per heavy atom. The fourth-order valence-corrected chi connectivity index (χ4v) is 4.65. The number of fused-ring (bicyclic) bond motifs is 3. The van der Waals surface area contributed by atoms with Crippen molar-refractivity contribution < 1.29 is 24.2 Å². The molecule has 0 radical (unpaired) electrons. The molecule has 1 heterocycles. The van der Waals surface area contributed by atoms with Crippen LogP contribution >= 0.6 is 11.6 Å². The molecule has 4 rings (SSSR count). The van der Waals surface area contributed by atoms with Gasteiger partial charge in [-0.2, -0.15) is 0 Å². The van der Waals surface area contributed by atoms with Gasteiger partial charge < -0.3 is 20.1 Å². The number of halogens is 1. The molecule has 0 aromatic heterocycles. The number of alkyl carbamates (subject to hydrolysis) is 1. The lowest BCUT2D eigenvalue weighted by Gasteiger charge is -2.31. The van der Waals surface area contributed by atoms with Gasteiger partial charge in [0.2, 0.25) is 5.91 Å². The molecule has 7 nitrogen and oxygen atoms in total. The van der Waals surface area contributed by atoms with E-state index in [1.165, 1.54) is 0 Å². The summed E-state index contributed by atoms with van der Waals surface area (Å²) in [5, 5.41) is 10.1. The molecule has 0 bridgehead atoms. The van der Waals surface area contributed by atoms with Crippen molar-refractivity contribution in [1.82, 2.24) is 10.2 Å². The normalized spacial score (nSPS) is 17.1. The summed E-state index contributed by atoms with van der Waals surface area (Å²) in [6.45, 7) is 1.10. The summed E-state index contributed by atoms with van der Waals surface area (Å²) < 4.78 is 5.47. The third kappa shape index (κ3) is 4.43. The minimum atomic E-state index is -1.59. The number of hydrogen-bond acceptors (Lipinski definition) is 4. The first-order valence-electron chi connectivity index (χ1n) is 10.7. The number of carboxylic acid groups (broad SMARTS) is 1. The fourth-order valence-electron chi connectivity index (χ4n) is 4.48. The highest BCUT2D eigenvalue weighted by molar-refractivity contribution is 6.32. The number of piperidine rings is 1. The highest BCUT2D eigenvalue weighted by atomic mass is 35.5. The summed E-state index contributed by atoms with van der Waals surface area (Å²) >= 11 is 5.98. The molecule has 2 aromatic rings. The number of aliphatic carboxylic acids is 1. The number of nitrogens with zero attached hydrogens (tertiary/aromatic N) is 1. The standard InChI is InChI=1S/C24H25ClN2O5/c25-20(23(29)30)21(22(28)27-12-6-1-7-13-27)26-24(31)32-14-19-17-10-4-2-8-15(17)16-9-3-5-11-18(16)19/h2-5,8-11,19-21H,1,6-7,12-14H2,(H,26,31)(H,29,30). The van der Waals surface area contributed by atoms with Crippen molar-refractivity contribution in [2.24, 2.45) is 0 Å². The van der Waals surface area contributed by atoms with Crippen molar-refractivity contribution >= 4 is 29.6 Å². The van der Waals surface area contributed by atoms with Crippen LogP contribution in [-0.4, -0.2) is 59.1 Å². The number of rotatable bonds is 6. The topological polar surface area (TPSA) is 95.9 Å². The van der Waals surface area contributed by atoms with Crippen LogP contribution in [0.5, 0.6) is 0 Å². The van der Waals surface area contributed by atoms with Gasteiger partial charge in [-0.3, -0.25) is 9.59 Å². The van der Waals surface area contributed by atoms with Crippen molar-refractivity contribution in [1.29, 1.82) is 0 Å². The van der Waals surface area contributed by atoms with E-state index in [-0.39, 0.29) is 12.5 Å². The van der Waals surface area contributed by atoms with E-state index in [0.29, 0.717) is 13.1 Å². The maximum Gasteiger partial charge on any atom is 0.407 e. The van der Waals surface area contributed by atoms with Crippen LogP contribution in [0.25, 0.3) is 11.1 Å². The smallest absolute Gasteiger partial charge is 0.407 e. The SMILES string of the molecule is O=C(NC(C(=O)N1CCCCC1)C(Cl)C(=O)O)OCC1c2ccccc2-c2ccccc21. The summed E-state index contributed by atoms with van der Waals surface area (Å²) in [4.78, 5) is 38.5. The Labute approximate surface area is 191 Å². The van der Waals surface area contributed by atoms with Gasteiger partial charge in [-0.05, 0) is 41.5 Å². The van der Waals surface area contributed by atoms with Crippen molar-refractivity contribution in [3.8, 4) is 11.1 Å². The molecular weight excluding hydrogens is 432 g/mol. The monoisotopic (exact) mass is 456 g/mol. The minimum absolute atomic E-state index is 0.0600. The lowest BCUT2D eigenvalue weighted by molar-refractivity contribution is -0.142. The molecule has 1 aliphatic carbocycles. The van der Waals surface area contributed by atoms with Gasteiger partial charge in [-0.15, -0.1) is 11.6 Å². The summed E-state index contributed by atoms with van der Waals surface area (Å²) in [7, 11) is 0. The molecule has 2 N–H and O–H groups in total. The van der Waals surface area contributed by atoms with Crippen LogP contribution in [0.1, 0.15) is 36.3 Å². The molecule has 32 heavy (non-hydrogen) atoms. The average Bonchev–Trinajstić information content (AvgIpc) is 3.14. The van der Waals surface area contributed by atoms with Gasteiger partial charge in [-0.25, -0.2) is 4.79 Å². The van der Waals surface area contributed by atoms with Crippen LogP contribution in [0, 0.1) is 0 Å². The lowest BCUT2D eigenvalue weighted by atomic mass is 9.98. The second kappa shape index (κ2) is 9.61. The first-order chi connectivity index (χ1) is 15.5. The summed E-state index contributed by atoms with van der Waals surface area (Å²) in [5.41, 5.74) is 4.32. The molecule has 2 atom stereocenters. The quantitative estimate of drug-likeness (QED) is 0.647. The maximum absolute atomic E-state index is 12.9. The second-order valence-electron chi connectivity index (χ2n) is 8.07. The first kappa shape index (κ1) is 22.1. The van der Waals surface area contributed by atoms with Crippen LogP contribution in [0.3, 0.4) is 0 Å². The number of amides is 2. The Hall–Kier alpha value is -3.06.